The van der Waals surface area contributed by atoms with Gasteiger partial charge < -0.3 is 4.90 Å². The Bertz CT molecular complexity index is 146. The molecule has 1 saturated carbocycles. The summed E-state index contributed by atoms with van der Waals surface area (Å²) < 4.78 is 0. The molecule has 0 aromatic carbocycles. The maximum Gasteiger partial charge on any atom is 0.00952 e. The Hall–Kier alpha value is 0.440. The fourth-order valence-electron chi connectivity index (χ4n) is 2.74. The molecule has 0 atom stereocenters. The molecule has 76 valence electrons. The van der Waals surface area contributed by atoms with Crippen molar-refractivity contribution in [2.24, 2.45) is 5.92 Å². The summed E-state index contributed by atoms with van der Waals surface area (Å²) in [7, 11) is 0. The summed E-state index contributed by atoms with van der Waals surface area (Å²) in [5.41, 5.74) is 0. The van der Waals surface area contributed by atoms with Crippen molar-refractivity contribution < 1.29 is 0 Å². The van der Waals surface area contributed by atoms with Crippen molar-refractivity contribution in [1.29, 1.82) is 0 Å². The molecule has 0 amide bonds. The molecule has 0 unspecified atom stereocenters. The first-order valence-corrected chi connectivity index (χ1v) is 6.82. The molecule has 2 heteroatoms. The zero-order valence-electron chi connectivity index (χ0n) is 8.34. The number of rotatable bonds is 2. The molecule has 2 rings (SSSR count). The molecule has 1 nitrogen and oxygen atoms in total. The smallest absolute Gasteiger partial charge is 0.00952 e. The molecule has 2 aliphatic rings. The van der Waals surface area contributed by atoms with Crippen molar-refractivity contribution >= 4 is 15.9 Å². The second-order valence-corrected chi connectivity index (χ2v) is 5.22. The van der Waals surface area contributed by atoms with Crippen LogP contribution in [0, 0.1) is 5.92 Å². The SMILES string of the molecule is BrCC1CCN(C2CCCC2)CC1. The standard InChI is InChI=1S/C11H20BrN/c12-9-10-5-7-13(8-6-10)11-3-1-2-4-11/h10-11H,1-9H2. The van der Waals surface area contributed by atoms with Crippen LogP contribution in [0.3, 0.4) is 0 Å². The lowest BCUT2D eigenvalue weighted by atomic mass is 9.97. The van der Waals surface area contributed by atoms with Crippen molar-refractivity contribution in [1.82, 2.24) is 4.90 Å². The number of nitrogens with zero attached hydrogens (tertiary/aromatic N) is 1. The van der Waals surface area contributed by atoms with Gasteiger partial charge in [0.1, 0.15) is 0 Å². The van der Waals surface area contributed by atoms with E-state index in [1.54, 1.807) is 0 Å². The van der Waals surface area contributed by atoms with Gasteiger partial charge in [-0.1, -0.05) is 28.8 Å². The average molecular weight is 246 g/mol. The van der Waals surface area contributed by atoms with Crippen LogP contribution >= 0.6 is 15.9 Å². The topological polar surface area (TPSA) is 3.24 Å². The predicted octanol–water partition coefficient (Wildman–Crippen LogP) is 3.04. The maximum absolute atomic E-state index is 3.60. The minimum atomic E-state index is 0.955. The van der Waals surface area contributed by atoms with E-state index in [-0.39, 0.29) is 0 Å². The van der Waals surface area contributed by atoms with Gasteiger partial charge in [-0.25, -0.2) is 0 Å². The lowest BCUT2D eigenvalue weighted by molar-refractivity contribution is 0.141. The Morgan fingerprint density at radius 2 is 1.62 bits per heavy atom. The van der Waals surface area contributed by atoms with Crippen LogP contribution in [0.1, 0.15) is 38.5 Å². The summed E-state index contributed by atoms with van der Waals surface area (Å²) in [6, 6.07) is 0.955. The molecule has 0 bridgehead atoms. The quantitative estimate of drug-likeness (QED) is 0.677. The van der Waals surface area contributed by atoms with Crippen molar-refractivity contribution in [2.45, 2.75) is 44.6 Å². The van der Waals surface area contributed by atoms with Gasteiger partial charge in [-0.3, -0.25) is 0 Å². The fraction of sp³-hybridized carbons (Fsp3) is 1.00. The largest absolute Gasteiger partial charge is 0.300 e. The van der Waals surface area contributed by atoms with E-state index in [0.717, 1.165) is 12.0 Å². The van der Waals surface area contributed by atoms with E-state index in [1.807, 2.05) is 0 Å². The summed E-state index contributed by atoms with van der Waals surface area (Å²) in [6.45, 7) is 2.72. The molecule has 0 spiro atoms. The Labute approximate surface area is 90.0 Å². The van der Waals surface area contributed by atoms with E-state index < -0.39 is 0 Å². The summed E-state index contributed by atoms with van der Waals surface area (Å²) >= 11 is 3.60. The summed E-state index contributed by atoms with van der Waals surface area (Å²) in [5.74, 6) is 0.956. The molecule has 2 fully saturated rings. The summed E-state index contributed by atoms with van der Waals surface area (Å²) in [6.07, 6.45) is 8.73. The molecule has 1 heterocycles. The first kappa shape index (κ1) is 9.97. The molecule has 0 N–H and O–H groups in total. The van der Waals surface area contributed by atoms with Crippen molar-refractivity contribution in [3.8, 4) is 0 Å². The van der Waals surface area contributed by atoms with Gasteiger partial charge in [0.2, 0.25) is 0 Å². The highest BCUT2D eigenvalue weighted by atomic mass is 79.9. The zero-order chi connectivity index (χ0) is 9.10. The number of halogens is 1. The first-order valence-electron chi connectivity index (χ1n) is 5.70. The highest BCUT2D eigenvalue weighted by Gasteiger charge is 2.26. The van der Waals surface area contributed by atoms with Crippen molar-refractivity contribution in [2.75, 3.05) is 18.4 Å². The second kappa shape index (κ2) is 4.79. The Kier molecular flexibility index (Phi) is 3.67. The molecular weight excluding hydrogens is 226 g/mol. The lowest BCUT2D eigenvalue weighted by Gasteiger charge is -2.35. The molecule has 0 radical (unpaired) electrons. The Morgan fingerprint density at radius 1 is 1.00 bits per heavy atom. The van der Waals surface area contributed by atoms with Gasteiger partial charge in [0, 0.05) is 11.4 Å². The van der Waals surface area contributed by atoms with Gasteiger partial charge in [-0.15, -0.1) is 0 Å². The van der Waals surface area contributed by atoms with E-state index in [0.29, 0.717) is 0 Å². The van der Waals surface area contributed by atoms with Crippen LogP contribution in [0.4, 0.5) is 0 Å². The summed E-state index contributed by atoms with van der Waals surface area (Å²) in [4.78, 5) is 2.74. The minimum absolute atomic E-state index is 0.955. The molecular formula is C11H20BrN. The number of likely N-dealkylation sites (tertiary alicyclic amines) is 1. The Balaban J connectivity index is 1.77. The van der Waals surface area contributed by atoms with E-state index in [9.17, 15) is 0 Å². The lowest BCUT2D eigenvalue weighted by Crippen LogP contribution is -2.40. The monoisotopic (exact) mass is 245 g/mol. The van der Waals surface area contributed by atoms with Gasteiger partial charge in [0.05, 0.1) is 0 Å². The minimum Gasteiger partial charge on any atom is -0.300 e. The van der Waals surface area contributed by atoms with Crippen LogP contribution < -0.4 is 0 Å². The number of piperidine rings is 1. The highest BCUT2D eigenvalue weighted by molar-refractivity contribution is 9.09. The van der Waals surface area contributed by atoms with Gasteiger partial charge in [-0.2, -0.15) is 0 Å². The normalized spacial score (nSPS) is 28.4. The summed E-state index contributed by atoms with van der Waals surface area (Å²) in [5, 5.41) is 1.21. The van der Waals surface area contributed by atoms with Gasteiger partial charge in [-0.05, 0) is 44.7 Å². The van der Waals surface area contributed by atoms with E-state index in [2.05, 4.69) is 20.8 Å². The number of alkyl halides is 1. The second-order valence-electron chi connectivity index (χ2n) is 4.57. The Morgan fingerprint density at radius 3 is 2.15 bits per heavy atom. The molecule has 0 aromatic rings. The molecule has 13 heavy (non-hydrogen) atoms. The average Bonchev–Trinajstić information content (AvgIpc) is 2.71. The van der Waals surface area contributed by atoms with Crippen LogP contribution in [-0.4, -0.2) is 29.4 Å². The first-order chi connectivity index (χ1) is 6.40. The van der Waals surface area contributed by atoms with Crippen LogP contribution in [0.25, 0.3) is 0 Å². The third-order valence-corrected chi connectivity index (χ3v) is 4.62. The van der Waals surface area contributed by atoms with E-state index in [4.69, 9.17) is 0 Å². The molecule has 0 aromatic heterocycles. The van der Waals surface area contributed by atoms with Crippen LogP contribution in [0.15, 0.2) is 0 Å². The van der Waals surface area contributed by atoms with Crippen LogP contribution in [0.2, 0.25) is 0 Å². The third kappa shape index (κ3) is 2.47. The van der Waals surface area contributed by atoms with Crippen molar-refractivity contribution in [3.63, 3.8) is 0 Å². The number of hydrogen-bond acceptors (Lipinski definition) is 1. The van der Waals surface area contributed by atoms with Crippen molar-refractivity contribution in [3.05, 3.63) is 0 Å². The van der Waals surface area contributed by atoms with E-state index >= 15 is 0 Å². The fourth-order valence-corrected chi connectivity index (χ4v) is 3.39. The highest BCUT2D eigenvalue weighted by Crippen LogP contribution is 2.28. The van der Waals surface area contributed by atoms with Crippen LogP contribution in [0.5, 0.6) is 0 Å². The zero-order valence-corrected chi connectivity index (χ0v) is 9.93. The molecule has 1 aliphatic carbocycles. The number of hydrogen-bond donors (Lipinski definition) is 0. The molecule has 1 aliphatic heterocycles. The van der Waals surface area contributed by atoms with Crippen LogP contribution in [-0.2, 0) is 0 Å². The third-order valence-electron chi connectivity index (χ3n) is 3.71. The van der Waals surface area contributed by atoms with Gasteiger partial charge in [0.25, 0.3) is 0 Å². The van der Waals surface area contributed by atoms with E-state index in [1.165, 1.54) is 56.9 Å². The van der Waals surface area contributed by atoms with Gasteiger partial charge in [0.15, 0.2) is 0 Å². The molecule has 1 saturated heterocycles. The maximum atomic E-state index is 3.60. The predicted molar refractivity (Wildman–Crippen MR) is 60.3 cm³/mol. The van der Waals surface area contributed by atoms with Gasteiger partial charge >= 0.3 is 0 Å².